The van der Waals surface area contributed by atoms with Crippen molar-refractivity contribution in [1.82, 2.24) is 15.6 Å². The van der Waals surface area contributed by atoms with Crippen molar-refractivity contribution < 1.29 is 4.79 Å². The van der Waals surface area contributed by atoms with E-state index in [4.69, 9.17) is 0 Å². The number of aromatic nitrogens is 1. The van der Waals surface area contributed by atoms with Gasteiger partial charge in [0.15, 0.2) is 0 Å². The number of carbonyl (C=O) groups excluding carboxylic acids is 1. The van der Waals surface area contributed by atoms with Crippen LogP contribution in [0.1, 0.15) is 51.0 Å². The molecule has 1 aliphatic rings. The predicted molar refractivity (Wildman–Crippen MR) is 93.5 cm³/mol. The molecular weight excluding hydrogens is 286 g/mol. The van der Waals surface area contributed by atoms with Crippen LogP contribution in [-0.2, 0) is 0 Å². The highest BCUT2D eigenvalue weighted by atomic mass is 16.1. The van der Waals surface area contributed by atoms with Gasteiger partial charge in [-0.05, 0) is 52.0 Å². The first-order valence-electron chi connectivity index (χ1n) is 8.20. The molecule has 0 radical (unpaired) electrons. The molecule has 4 nitrogen and oxygen atoms in total. The Labute approximate surface area is 137 Å². The number of hydrogen-bond acceptors (Lipinski definition) is 3. The van der Waals surface area contributed by atoms with Gasteiger partial charge < -0.3 is 10.6 Å². The van der Waals surface area contributed by atoms with Gasteiger partial charge >= 0.3 is 0 Å². The van der Waals surface area contributed by atoms with Crippen LogP contribution >= 0.6 is 0 Å². The van der Waals surface area contributed by atoms with Crippen LogP contribution in [-0.4, -0.2) is 28.0 Å². The normalized spacial score (nSPS) is 20.3. The van der Waals surface area contributed by atoms with E-state index in [-0.39, 0.29) is 23.0 Å². The van der Waals surface area contributed by atoms with Crippen LogP contribution in [0.5, 0.6) is 0 Å². The summed E-state index contributed by atoms with van der Waals surface area (Å²) in [5, 5.41) is 8.78. The van der Waals surface area contributed by atoms with Crippen molar-refractivity contribution >= 4 is 16.7 Å². The molecular formula is C19H25N3O. The van der Waals surface area contributed by atoms with E-state index in [9.17, 15) is 4.79 Å². The fourth-order valence-corrected chi connectivity index (χ4v) is 3.98. The molecule has 1 aliphatic heterocycles. The number of carbonyl (C=O) groups is 1. The molecule has 1 fully saturated rings. The molecule has 0 saturated carbocycles. The summed E-state index contributed by atoms with van der Waals surface area (Å²) >= 11 is 0. The van der Waals surface area contributed by atoms with E-state index in [2.05, 4.69) is 43.3 Å². The monoisotopic (exact) mass is 311 g/mol. The minimum absolute atomic E-state index is 0.00583. The van der Waals surface area contributed by atoms with Crippen molar-refractivity contribution in [2.75, 3.05) is 0 Å². The highest BCUT2D eigenvalue weighted by Gasteiger charge is 2.38. The summed E-state index contributed by atoms with van der Waals surface area (Å²) in [6.45, 7) is 8.74. The van der Waals surface area contributed by atoms with E-state index in [0.29, 0.717) is 5.69 Å². The molecule has 23 heavy (non-hydrogen) atoms. The minimum atomic E-state index is -0.0831. The van der Waals surface area contributed by atoms with E-state index >= 15 is 0 Å². The number of amides is 1. The maximum Gasteiger partial charge on any atom is 0.270 e. The quantitative estimate of drug-likeness (QED) is 0.895. The van der Waals surface area contributed by atoms with Crippen molar-refractivity contribution in [2.24, 2.45) is 0 Å². The van der Waals surface area contributed by atoms with Crippen molar-refractivity contribution in [1.29, 1.82) is 0 Å². The van der Waals surface area contributed by atoms with Gasteiger partial charge in [0.2, 0.25) is 0 Å². The van der Waals surface area contributed by atoms with Gasteiger partial charge in [0.05, 0.1) is 0 Å². The number of benzene rings is 1. The van der Waals surface area contributed by atoms with Gasteiger partial charge in [0.1, 0.15) is 5.69 Å². The third kappa shape index (κ3) is 3.53. The van der Waals surface area contributed by atoms with Crippen LogP contribution in [0, 0.1) is 0 Å². The molecule has 1 amide bonds. The van der Waals surface area contributed by atoms with Crippen LogP contribution in [0.3, 0.4) is 0 Å². The van der Waals surface area contributed by atoms with Gasteiger partial charge in [-0.1, -0.05) is 24.3 Å². The molecule has 0 aliphatic carbocycles. The topological polar surface area (TPSA) is 54.0 Å². The second-order valence-corrected chi connectivity index (χ2v) is 7.85. The summed E-state index contributed by atoms with van der Waals surface area (Å²) in [5.41, 5.74) is 0.523. The molecule has 0 spiro atoms. The fourth-order valence-electron chi connectivity index (χ4n) is 3.98. The van der Waals surface area contributed by atoms with Crippen LogP contribution in [0.15, 0.2) is 36.5 Å². The highest BCUT2D eigenvalue weighted by molar-refractivity contribution is 6.05. The number of piperidine rings is 1. The summed E-state index contributed by atoms with van der Waals surface area (Å²) in [6, 6.07) is 9.95. The second-order valence-electron chi connectivity index (χ2n) is 7.85. The van der Waals surface area contributed by atoms with Gasteiger partial charge in [0.25, 0.3) is 5.91 Å². The number of fused-ring (bicyclic) bond motifs is 1. The summed E-state index contributed by atoms with van der Waals surface area (Å²) in [5.74, 6) is -0.0831. The van der Waals surface area contributed by atoms with E-state index in [1.54, 1.807) is 6.20 Å². The molecule has 0 bridgehead atoms. The number of nitrogens with one attached hydrogen (secondary N) is 2. The summed E-state index contributed by atoms with van der Waals surface area (Å²) in [7, 11) is 0. The van der Waals surface area contributed by atoms with Crippen molar-refractivity contribution in [3.8, 4) is 0 Å². The molecule has 0 atom stereocenters. The lowest BCUT2D eigenvalue weighted by Crippen LogP contribution is -2.62. The average molecular weight is 311 g/mol. The second kappa shape index (κ2) is 5.60. The van der Waals surface area contributed by atoms with Crippen LogP contribution in [0.25, 0.3) is 10.8 Å². The lowest BCUT2D eigenvalue weighted by molar-refractivity contribution is 0.0870. The van der Waals surface area contributed by atoms with E-state index in [0.717, 1.165) is 23.6 Å². The number of nitrogens with zero attached hydrogens (tertiary/aromatic N) is 1. The molecule has 2 aromatic rings. The summed E-state index contributed by atoms with van der Waals surface area (Å²) in [4.78, 5) is 17.1. The Bertz CT molecular complexity index is 715. The molecule has 1 saturated heterocycles. The predicted octanol–water partition coefficient (Wildman–Crippen LogP) is 3.27. The summed E-state index contributed by atoms with van der Waals surface area (Å²) < 4.78 is 0. The van der Waals surface area contributed by atoms with E-state index in [1.807, 2.05) is 30.3 Å². The van der Waals surface area contributed by atoms with Gasteiger partial charge in [-0.25, -0.2) is 0 Å². The molecule has 0 unspecified atom stereocenters. The molecule has 3 rings (SSSR count). The average Bonchev–Trinajstić information content (AvgIpc) is 2.43. The first kappa shape index (κ1) is 15.9. The van der Waals surface area contributed by atoms with Gasteiger partial charge in [0, 0.05) is 28.7 Å². The standard InChI is InChI=1S/C19H25N3O/c1-18(2)11-14(12-19(3,4)22-18)21-17(23)16-15-8-6-5-7-13(15)9-10-20-16/h5-10,14,22H,11-12H2,1-4H3,(H,21,23). The van der Waals surface area contributed by atoms with Gasteiger partial charge in [-0.2, -0.15) is 0 Å². The Morgan fingerprint density at radius 1 is 1.13 bits per heavy atom. The Morgan fingerprint density at radius 3 is 2.48 bits per heavy atom. The molecule has 2 heterocycles. The highest BCUT2D eigenvalue weighted by Crippen LogP contribution is 2.28. The van der Waals surface area contributed by atoms with Crippen LogP contribution in [0.4, 0.5) is 0 Å². The Kier molecular flexibility index (Phi) is 3.88. The molecule has 2 N–H and O–H groups in total. The lowest BCUT2D eigenvalue weighted by atomic mass is 9.79. The minimum Gasteiger partial charge on any atom is -0.348 e. The summed E-state index contributed by atoms with van der Waals surface area (Å²) in [6.07, 6.45) is 3.52. The van der Waals surface area contributed by atoms with Crippen molar-refractivity contribution in [3.63, 3.8) is 0 Å². The van der Waals surface area contributed by atoms with E-state index in [1.165, 1.54) is 0 Å². The zero-order chi connectivity index (χ0) is 16.7. The zero-order valence-electron chi connectivity index (χ0n) is 14.3. The fraction of sp³-hybridized carbons (Fsp3) is 0.474. The third-order valence-corrected chi connectivity index (χ3v) is 4.41. The number of hydrogen-bond donors (Lipinski definition) is 2. The SMILES string of the molecule is CC1(C)CC(NC(=O)c2nccc3ccccc23)CC(C)(C)N1. The Morgan fingerprint density at radius 2 is 1.78 bits per heavy atom. The molecule has 4 heteroatoms. The smallest absolute Gasteiger partial charge is 0.270 e. The first-order valence-corrected chi connectivity index (χ1v) is 8.20. The number of pyridine rings is 1. The molecule has 1 aromatic heterocycles. The van der Waals surface area contributed by atoms with Gasteiger partial charge in [-0.3, -0.25) is 9.78 Å². The number of rotatable bonds is 2. The third-order valence-electron chi connectivity index (χ3n) is 4.41. The Hall–Kier alpha value is -1.94. The largest absolute Gasteiger partial charge is 0.348 e. The zero-order valence-corrected chi connectivity index (χ0v) is 14.3. The lowest BCUT2D eigenvalue weighted by Gasteiger charge is -2.46. The van der Waals surface area contributed by atoms with Crippen molar-refractivity contribution in [2.45, 2.75) is 57.7 Å². The molecule has 122 valence electrons. The van der Waals surface area contributed by atoms with Gasteiger partial charge in [-0.15, -0.1) is 0 Å². The first-order chi connectivity index (χ1) is 10.8. The maximum absolute atomic E-state index is 12.8. The Balaban J connectivity index is 1.84. The van der Waals surface area contributed by atoms with Crippen LogP contribution in [0.2, 0.25) is 0 Å². The maximum atomic E-state index is 12.8. The van der Waals surface area contributed by atoms with E-state index < -0.39 is 0 Å². The molecule has 1 aromatic carbocycles. The van der Waals surface area contributed by atoms with Crippen molar-refractivity contribution in [3.05, 3.63) is 42.2 Å². The van der Waals surface area contributed by atoms with Crippen LogP contribution < -0.4 is 10.6 Å².